The Balaban J connectivity index is 1.36. The predicted octanol–water partition coefficient (Wildman–Crippen LogP) is 6.17. The van der Waals surface area contributed by atoms with Gasteiger partial charge in [-0.1, -0.05) is 53.0 Å². The number of ketones is 1. The number of nitrogens with zero attached hydrogens (tertiary/aromatic N) is 1. The number of fused-ring (bicyclic) bond motifs is 6. The van der Waals surface area contributed by atoms with Crippen LogP contribution in [0.1, 0.15) is 98.8 Å². The molecule has 5 fully saturated rings. The van der Waals surface area contributed by atoms with Gasteiger partial charge in [-0.15, -0.1) is 0 Å². The molecule has 2 saturated heterocycles. The normalized spacial score (nSPS) is 56.5. The average Bonchev–Trinajstić information content (AvgIpc) is 3.16. The SMILES string of the molecule is C[C@H]1C[C@H]2O[C@]3(CCC[C@@H]4CCC5=CC(=O)CC[C@]5(C)[C@H]4CC4(C)CC43C)[C@H](C)[C@@H]2N(O)C1. The largest absolute Gasteiger partial charge is 0.369 e. The molecule has 0 aromatic heterocycles. The van der Waals surface area contributed by atoms with E-state index in [1.54, 1.807) is 5.06 Å². The third-order valence-electron chi connectivity index (χ3n) is 12.3. The van der Waals surface area contributed by atoms with Crippen molar-refractivity contribution in [1.29, 1.82) is 0 Å². The second-order valence-electron chi connectivity index (χ2n) is 13.9. The molecule has 0 bridgehead atoms. The number of ether oxygens (including phenoxy) is 1. The minimum absolute atomic E-state index is 0.127. The molecular weight excluding hydrogens is 410 g/mol. The van der Waals surface area contributed by atoms with E-state index >= 15 is 0 Å². The number of rotatable bonds is 0. The van der Waals surface area contributed by atoms with Crippen molar-refractivity contribution in [2.75, 3.05) is 6.54 Å². The van der Waals surface area contributed by atoms with Crippen LogP contribution in [0, 0.1) is 39.9 Å². The van der Waals surface area contributed by atoms with Crippen molar-refractivity contribution in [3.05, 3.63) is 11.6 Å². The third kappa shape index (κ3) is 2.96. The molecule has 2 aliphatic heterocycles. The lowest BCUT2D eigenvalue weighted by molar-refractivity contribution is -0.180. The molecule has 33 heavy (non-hydrogen) atoms. The summed E-state index contributed by atoms with van der Waals surface area (Å²) in [6.07, 6.45) is 13.6. The maximum atomic E-state index is 12.2. The Morgan fingerprint density at radius 2 is 1.91 bits per heavy atom. The third-order valence-corrected chi connectivity index (χ3v) is 12.3. The first kappa shape index (κ1) is 22.7. The van der Waals surface area contributed by atoms with E-state index in [2.05, 4.69) is 34.6 Å². The van der Waals surface area contributed by atoms with E-state index in [-0.39, 0.29) is 34.0 Å². The molecule has 184 valence electrons. The second-order valence-corrected chi connectivity index (χ2v) is 13.9. The smallest absolute Gasteiger partial charge is 0.155 e. The highest BCUT2D eigenvalue weighted by Gasteiger charge is 2.76. The first-order valence-electron chi connectivity index (χ1n) is 13.9. The Morgan fingerprint density at radius 1 is 1.12 bits per heavy atom. The van der Waals surface area contributed by atoms with Gasteiger partial charge in [0.25, 0.3) is 0 Å². The Bertz CT molecular complexity index is 884. The van der Waals surface area contributed by atoms with E-state index in [0.717, 1.165) is 44.6 Å². The summed E-state index contributed by atoms with van der Waals surface area (Å²) < 4.78 is 7.20. The fourth-order valence-electron chi connectivity index (χ4n) is 10.2. The van der Waals surface area contributed by atoms with Crippen LogP contribution in [0.4, 0.5) is 0 Å². The zero-order chi connectivity index (χ0) is 23.4. The van der Waals surface area contributed by atoms with Gasteiger partial charge in [-0.25, -0.2) is 0 Å². The van der Waals surface area contributed by atoms with Crippen LogP contribution in [0.5, 0.6) is 0 Å². The number of hydroxylamine groups is 2. The lowest BCUT2D eigenvalue weighted by atomic mass is 9.53. The minimum atomic E-state index is -0.127. The van der Waals surface area contributed by atoms with E-state index in [4.69, 9.17) is 4.74 Å². The number of allylic oxidation sites excluding steroid dienone is 2. The standard InChI is InChI=1S/C29H45NO3/c1-18-13-24-25(30(32)16-18)19(2)29(33-24)11-6-7-20-8-9-21-14-22(31)10-12-27(21,4)23(20)15-26(3)17-28(26,29)5/h14,18-20,23-25,32H,6-13,15-17H2,1-5H3/t18-,19+,20+,23-,24+,25-,26?,27-,28?,29+/m0/s1. The minimum Gasteiger partial charge on any atom is -0.369 e. The highest BCUT2D eigenvalue weighted by molar-refractivity contribution is 5.91. The highest BCUT2D eigenvalue weighted by atomic mass is 16.5. The Labute approximate surface area is 200 Å². The summed E-state index contributed by atoms with van der Waals surface area (Å²) in [5.74, 6) is 2.64. The molecule has 4 aliphatic carbocycles. The molecule has 10 atom stereocenters. The summed E-state index contributed by atoms with van der Waals surface area (Å²) >= 11 is 0. The maximum Gasteiger partial charge on any atom is 0.155 e. The van der Waals surface area contributed by atoms with Crippen molar-refractivity contribution in [2.24, 2.45) is 39.9 Å². The van der Waals surface area contributed by atoms with Gasteiger partial charge in [-0.2, -0.15) is 5.06 Å². The van der Waals surface area contributed by atoms with Crippen LogP contribution < -0.4 is 0 Å². The lowest BCUT2D eigenvalue weighted by Crippen LogP contribution is -2.51. The van der Waals surface area contributed by atoms with Crippen molar-refractivity contribution in [2.45, 2.75) is 117 Å². The summed E-state index contributed by atoms with van der Waals surface area (Å²) in [5.41, 5.74) is 1.98. The van der Waals surface area contributed by atoms with Crippen LogP contribution in [0.15, 0.2) is 11.6 Å². The fourth-order valence-corrected chi connectivity index (χ4v) is 10.2. The van der Waals surface area contributed by atoms with Crippen LogP contribution in [0.25, 0.3) is 0 Å². The molecular formula is C29H45NO3. The molecule has 4 heteroatoms. The van der Waals surface area contributed by atoms with Crippen molar-refractivity contribution >= 4 is 5.78 Å². The van der Waals surface area contributed by atoms with Crippen molar-refractivity contribution < 1.29 is 14.7 Å². The molecule has 1 N–H and O–H groups in total. The van der Waals surface area contributed by atoms with Crippen LogP contribution in [0.2, 0.25) is 0 Å². The van der Waals surface area contributed by atoms with Crippen molar-refractivity contribution in [3.63, 3.8) is 0 Å². The Morgan fingerprint density at radius 3 is 2.70 bits per heavy atom. The molecule has 2 heterocycles. The summed E-state index contributed by atoms with van der Waals surface area (Å²) in [6.45, 7) is 13.0. The van der Waals surface area contributed by atoms with Gasteiger partial charge in [0.2, 0.25) is 0 Å². The van der Waals surface area contributed by atoms with Crippen LogP contribution >= 0.6 is 0 Å². The van der Waals surface area contributed by atoms with E-state index in [1.165, 1.54) is 37.7 Å². The molecule has 6 rings (SSSR count). The number of carbonyl (C=O) groups excluding carboxylic acids is 1. The molecule has 3 saturated carbocycles. The van der Waals surface area contributed by atoms with E-state index in [0.29, 0.717) is 23.5 Å². The molecule has 0 amide bonds. The molecule has 6 aliphatic rings. The summed E-state index contributed by atoms with van der Waals surface area (Å²) in [7, 11) is 0. The number of carbonyl (C=O) groups is 1. The van der Waals surface area contributed by atoms with Crippen LogP contribution in [-0.4, -0.2) is 40.3 Å². The Hall–Kier alpha value is -0.710. The lowest BCUT2D eigenvalue weighted by Gasteiger charge is -2.51. The average molecular weight is 456 g/mol. The van der Waals surface area contributed by atoms with Crippen LogP contribution in [-0.2, 0) is 9.53 Å². The Kier molecular flexibility index (Phi) is 4.94. The number of hydrogen-bond acceptors (Lipinski definition) is 4. The summed E-state index contributed by atoms with van der Waals surface area (Å²) in [5, 5.41) is 12.6. The van der Waals surface area contributed by atoms with Gasteiger partial charge < -0.3 is 9.94 Å². The fraction of sp³-hybridized carbons (Fsp3) is 0.897. The highest BCUT2D eigenvalue weighted by Crippen LogP contribution is 2.78. The predicted molar refractivity (Wildman–Crippen MR) is 129 cm³/mol. The van der Waals surface area contributed by atoms with Crippen molar-refractivity contribution in [1.82, 2.24) is 5.06 Å². The first-order valence-corrected chi connectivity index (χ1v) is 13.9. The van der Waals surface area contributed by atoms with Gasteiger partial charge in [-0.05, 0) is 79.6 Å². The molecule has 4 nitrogen and oxygen atoms in total. The summed E-state index contributed by atoms with van der Waals surface area (Å²) in [4.78, 5) is 12.2. The van der Waals surface area contributed by atoms with Gasteiger partial charge in [0.15, 0.2) is 5.78 Å². The van der Waals surface area contributed by atoms with E-state index < -0.39 is 0 Å². The topological polar surface area (TPSA) is 49.8 Å². The molecule has 0 aromatic carbocycles. The number of piperidine rings is 1. The van der Waals surface area contributed by atoms with E-state index in [9.17, 15) is 10.0 Å². The first-order chi connectivity index (χ1) is 15.5. The summed E-state index contributed by atoms with van der Waals surface area (Å²) in [6, 6.07) is 0.141. The monoisotopic (exact) mass is 455 g/mol. The van der Waals surface area contributed by atoms with Gasteiger partial charge in [0.1, 0.15) is 0 Å². The van der Waals surface area contributed by atoms with Crippen molar-refractivity contribution in [3.8, 4) is 0 Å². The van der Waals surface area contributed by atoms with Gasteiger partial charge in [0.05, 0.1) is 17.7 Å². The molecule has 0 radical (unpaired) electrons. The quantitative estimate of drug-likeness (QED) is 0.474. The van der Waals surface area contributed by atoms with Gasteiger partial charge in [-0.3, -0.25) is 4.79 Å². The van der Waals surface area contributed by atoms with Gasteiger partial charge >= 0.3 is 0 Å². The zero-order valence-corrected chi connectivity index (χ0v) is 21.5. The molecule has 2 unspecified atom stereocenters. The second kappa shape index (κ2) is 7.17. The number of hydrogen-bond donors (Lipinski definition) is 1. The zero-order valence-electron chi connectivity index (χ0n) is 21.5. The maximum absolute atomic E-state index is 12.2. The van der Waals surface area contributed by atoms with Crippen LogP contribution in [0.3, 0.4) is 0 Å². The molecule has 1 spiro atoms. The van der Waals surface area contributed by atoms with E-state index in [1.807, 2.05) is 6.08 Å². The molecule has 0 aromatic rings. The van der Waals surface area contributed by atoms with Gasteiger partial charge in [0, 0.05) is 24.3 Å².